The monoisotopic (exact) mass is 202 g/mol. The molecule has 82 valence electrons. The molecule has 0 spiro atoms. The van der Waals surface area contributed by atoms with E-state index < -0.39 is 23.8 Å². The van der Waals surface area contributed by atoms with Gasteiger partial charge in [-0.15, -0.1) is 0 Å². The fourth-order valence-electron chi connectivity index (χ4n) is 1.26. The molecule has 2 atom stereocenters. The lowest BCUT2D eigenvalue weighted by molar-refractivity contribution is -0.153. The van der Waals surface area contributed by atoms with Crippen molar-refractivity contribution in [3.05, 3.63) is 0 Å². The van der Waals surface area contributed by atoms with Gasteiger partial charge in [-0.2, -0.15) is 0 Å². The van der Waals surface area contributed by atoms with Crippen LogP contribution in [0.25, 0.3) is 0 Å². The third-order valence-corrected chi connectivity index (χ3v) is 2.17. The van der Waals surface area contributed by atoms with E-state index in [0.29, 0.717) is 6.42 Å². The number of Topliss-reactive ketones (excluding diaryl/α,β-unsaturated/α-hetero) is 1. The Hall–Kier alpha value is -0.900. The molecular weight excluding hydrogens is 184 g/mol. The van der Waals surface area contributed by atoms with Gasteiger partial charge in [0.15, 0.2) is 5.78 Å². The van der Waals surface area contributed by atoms with Crippen LogP contribution in [-0.2, 0) is 14.3 Å². The van der Waals surface area contributed by atoms with E-state index >= 15 is 0 Å². The minimum absolute atomic E-state index is 0.392. The number of methoxy groups -OCH3 is 1. The van der Waals surface area contributed by atoms with Crippen molar-refractivity contribution in [3.8, 4) is 0 Å². The summed E-state index contributed by atoms with van der Waals surface area (Å²) in [7, 11) is 1.26. The molecule has 0 aromatic heterocycles. The Morgan fingerprint density at radius 3 is 2.36 bits per heavy atom. The van der Waals surface area contributed by atoms with Crippen LogP contribution in [0.4, 0.5) is 0 Å². The molecule has 0 unspecified atom stereocenters. The lowest BCUT2D eigenvalue weighted by Crippen LogP contribution is -2.34. The summed E-state index contributed by atoms with van der Waals surface area (Å²) in [5.41, 5.74) is 0. The molecule has 0 saturated heterocycles. The molecule has 1 N–H and O–H groups in total. The van der Waals surface area contributed by atoms with Gasteiger partial charge in [-0.25, -0.2) is 0 Å². The summed E-state index contributed by atoms with van der Waals surface area (Å²) in [5, 5.41) is 9.46. The second-order valence-corrected chi connectivity index (χ2v) is 3.33. The number of ketones is 1. The zero-order valence-electron chi connectivity index (χ0n) is 8.95. The quantitative estimate of drug-likeness (QED) is 0.650. The highest BCUT2D eigenvalue weighted by atomic mass is 16.5. The maximum absolute atomic E-state index is 11.2. The van der Waals surface area contributed by atoms with E-state index in [2.05, 4.69) is 4.74 Å². The number of hydrogen-bond donors (Lipinski definition) is 1. The molecule has 0 aliphatic carbocycles. The van der Waals surface area contributed by atoms with E-state index in [1.807, 2.05) is 6.92 Å². The molecule has 0 saturated carbocycles. The molecule has 0 amide bonds. The fourth-order valence-corrected chi connectivity index (χ4v) is 1.26. The van der Waals surface area contributed by atoms with E-state index in [4.69, 9.17) is 0 Å². The Labute approximate surface area is 84.3 Å². The normalized spacial score (nSPS) is 14.6. The Balaban J connectivity index is 4.37. The Kier molecular flexibility index (Phi) is 6.12. The van der Waals surface area contributed by atoms with E-state index in [-0.39, 0.29) is 0 Å². The number of carbonyl (C=O) groups excluding carboxylic acids is 2. The first-order valence-electron chi connectivity index (χ1n) is 4.80. The number of ether oxygens (including phenoxy) is 1. The zero-order valence-corrected chi connectivity index (χ0v) is 8.95. The Morgan fingerprint density at radius 1 is 1.43 bits per heavy atom. The van der Waals surface area contributed by atoms with Crippen LogP contribution in [0.5, 0.6) is 0 Å². The maximum atomic E-state index is 11.2. The number of carbonyl (C=O) groups is 2. The molecular formula is C10H18O4. The number of hydrogen-bond acceptors (Lipinski definition) is 4. The minimum atomic E-state index is -1.23. The van der Waals surface area contributed by atoms with Gasteiger partial charge >= 0.3 is 5.97 Å². The van der Waals surface area contributed by atoms with Crippen LogP contribution >= 0.6 is 0 Å². The molecule has 4 heteroatoms. The van der Waals surface area contributed by atoms with Gasteiger partial charge in [-0.3, -0.25) is 9.59 Å². The highest BCUT2D eigenvalue weighted by Crippen LogP contribution is 2.15. The van der Waals surface area contributed by atoms with Crippen LogP contribution in [0.15, 0.2) is 0 Å². The third-order valence-electron chi connectivity index (χ3n) is 2.17. The molecule has 0 bridgehead atoms. The van der Waals surface area contributed by atoms with Crippen LogP contribution in [0, 0.1) is 5.92 Å². The van der Waals surface area contributed by atoms with E-state index in [0.717, 1.165) is 12.8 Å². The lowest BCUT2D eigenvalue weighted by atomic mass is 9.94. The van der Waals surface area contributed by atoms with E-state index in [1.165, 1.54) is 14.0 Å². The summed E-state index contributed by atoms with van der Waals surface area (Å²) in [6.45, 7) is 3.25. The first-order chi connectivity index (χ1) is 6.54. The number of aliphatic hydroxyl groups is 1. The molecule has 0 radical (unpaired) electrons. The third kappa shape index (κ3) is 3.87. The lowest BCUT2D eigenvalue weighted by Gasteiger charge is -2.17. The molecule has 0 heterocycles. The van der Waals surface area contributed by atoms with E-state index in [9.17, 15) is 14.7 Å². The van der Waals surface area contributed by atoms with Crippen LogP contribution in [0.3, 0.4) is 0 Å². The van der Waals surface area contributed by atoms with Gasteiger partial charge in [0.05, 0.1) is 13.0 Å². The molecule has 0 aromatic carbocycles. The molecule has 0 aliphatic rings. The number of esters is 1. The van der Waals surface area contributed by atoms with Gasteiger partial charge in [0.25, 0.3) is 0 Å². The van der Waals surface area contributed by atoms with Crippen LogP contribution < -0.4 is 0 Å². The average Bonchev–Trinajstić information content (AvgIpc) is 2.17. The minimum Gasteiger partial charge on any atom is -0.469 e. The number of rotatable bonds is 6. The molecule has 0 aliphatic heterocycles. The fraction of sp³-hybridized carbons (Fsp3) is 0.800. The van der Waals surface area contributed by atoms with Crippen LogP contribution in [0.2, 0.25) is 0 Å². The summed E-state index contributed by atoms with van der Waals surface area (Å²) in [6.07, 6.45) is 0.973. The zero-order chi connectivity index (χ0) is 11.1. The van der Waals surface area contributed by atoms with Gasteiger partial charge in [-0.1, -0.05) is 19.8 Å². The Bertz CT molecular complexity index is 200. The van der Waals surface area contributed by atoms with Gasteiger partial charge in [-0.05, 0) is 13.3 Å². The van der Waals surface area contributed by atoms with Crippen molar-refractivity contribution in [2.24, 2.45) is 5.92 Å². The molecule has 4 nitrogen and oxygen atoms in total. The van der Waals surface area contributed by atoms with Gasteiger partial charge < -0.3 is 9.84 Å². The van der Waals surface area contributed by atoms with Gasteiger partial charge in [0.2, 0.25) is 0 Å². The topological polar surface area (TPSA) is 63.6 Å². The molecule has 0 fully saturated rings. The van der Waals surface area contributed by atoms with Crippen molar-refractivity contribution in [1.29, 1.82) is 0 Å². The maximum Gasteiger partial charge on any atom is 0.311 e. The summed E-state index contributed by atoms with van der Waals surface area (Å²) < 4.78 is 4.53. The van der Waals surface area contributed by atoms with E-state index in [1.54, 1.807) is 0 Å². The first kappa shape index (κ1) is 13.1. The summed E-state index contributed by atoms with van der Waals surface area (Å²) in [5.74, 6) is -1.62. The largest absolute Gasteiger partial charge is 0.469 e. The standard InChI is InChI=1S/C10H18O4/c1-4-5-6-8(10(13)14-3)9(12)7(2)11/h8-9,12H,4-6H2,1-3H3/t8-,9+/m1/s1. The van der Waals surface area contributed by atoms with Gasteiger partial charge in [0, 0.05) is 0 Å². The number of aliphatic hydroxyl groups excluding tert-OH is 1. The second-order valence-electron chi connectivity index (χ2n) is 3.33. The SMILES string of the molecule is CCCC[C@@H](C(=O)OC)[C@@H](O)C(C)=O. The molecule has 14 heavy (non-hydrogen) atoms. The smallest absolute Gasteiger partial charge is 0.311 e. The van der Waals surface area contributed by atoms with Crippen molar-refractivity contribution < 1.29 is 19.4 Å². The first-order valence-corrected chi connectivity index (χ1v) is 4.80. The summed E-state index contributed by atoms with van der Waals surface area (Å²) in [4.78, 5) is 22.1. The van der Waals surface area contributed by atoms with Crippen molar-refractivity contribution in [1.82, 2.24) is 0 Å². The van der Waals surface area contributed by atoms with Crippen LogP contribution in [0.1, 0.15) is 33.1 Å². The van der Waals surface area contributed by atoms with Crippen molar-refractivity contribution in [3.63, 3.8) is 0 Å². The predicted octanol–water partition coefficient (Wildman–Crippen LogP) is 0.916. The highest BCUT2D eigenvalue weighted by molar-refractivity contribution is 5.86. The second kappa shape index (κ2) is 6.54. The Morgan fingerprint density at radius 2 is 2.00 bits per heavy atom. The predicted molar refractivity (Wildman–Crippen MR) is 51.7 cm³/mol. The van der Waals surface area contributed by atoms with Gasteiger partial charge in [0.1, 0.15) is 6.10 Å². The van der Waals surface area contributed by atoms with Crippen LogP contribution in [-0.4, -0.2) is 30.1 Å². The molecule has 0 rings (SSSR count). The van der Waals surface area contributed by atoms with Crippen molar-refractivity contribution in [2.75, 3.05) is 7.11 Å². The summed E-state index contributed by atoms with van der Waals surface area (Å²) in [6, 6.07) is 0. The summed E-state index contributed by atoms with van der Waals surface area (Å²) >= 11 is 0. The molecule has 0 aromatic rings. The van der Waals surface area contributed by atoms with Crippen molar-refractivity contribution >= 4 is 11.8 Å². The number of unbranched alkanes of at least 4 members (excludes halogenated alkanes) is 1. The average molecular weight is 202 g/mol. The highest BCUT2D eigenvalue weighted by Gasteiger charge is 2.29. The van der Waals surface area contributed by atoms with Crippen molar-refractivity contribution in [2.45, 2.75) is 39.2 Å².